The lowest BCUT2D eigenvalue weighted by atomic mass is 9.93. The highest BCUT2D eigenvalue weighted by atomic mass is 19.4. The Morgan fingerprint density at radius 2 is 0.931 bits per heavy atom. The van der Waals surface area contributed by atoms with E-state index in [4.69, 9.17) is 0 Å². The third-order valence-electron chi connectivity index (χ3n) is 4.01. The first-order valence-corrected chi connectivity index (χ1v) is 7.54. The molecule has 1 N–H and O–H groups in total. The average molecular weight is 469 g/mol. The lowest BCUT2D eigenvalue weighted by Crippen LogP contribution is -2.74. The van der Waals surface area contributed by atoms with Crippen LogP contribution in [0.1, 0.15) is 26.7 Å². The minimum absolute atomic E-state index is 0.274. The zero-order valence-electron chi connectivity index (χ0n) is 14.4. The summed E-state index contributed by atoms with van der Waals surface area (Å²) in [4.78, 5) is 0. The third kappa shape index (κ3) is 4.36. The summed E-state index contributed by atoms with van der Waals surface area (Å²) in [6.45, 7) is 1.64. The van der Waals surface area contributed by atoms with Crippen molar-refractivity contribution in [1.82, 2.24) is 5.32 Å². The number of hydrogen-bond donors (Lipinski definition) is 1. The molecule has 0 aliphatic rings. The molecule has 176 valence electrons. The van der Waals surface area contributed by atoms with Crippen molar-refractivity contribution in [2.75, 3.05) is 6.54 Å². The average Bonchev–Trinajstić information content (AvgIpc) is 2.52. The summed E-state index contributed by atoms with van der Waals surface area (Å²) in [5.74, 6) is -40.4. The second kappa shape index (κ2) is 7.87. The Balaban J connectivity index is 6.09. The number of rotatable bonds is 10. The standard InChI is InChI=1S/C13H14F15N/c1-3-6(2)4-5-29-13(27,28)11(22,23)9(18,19)7(14,15)8(16,17)10(20,21)12(24,25)26/h6,29H,3-5H2,1-2H3. The Labute approximate surface area is 153 Å². The maximum absolute atomic E-state index is 13.4. The Morgan fingerprint density at radius 1 is 0.586 bits per heavy atom. The molecule has 1 nitrogen and oxygen atoms in total. The molecular formula is C13H14F15N. The molecule has 1 atom stereocenters. The Hall–Kier alpha value is -1.09. The second-order valence-electron chi connectivity index (χ2n) is 6.17. The van der Waals surface area contributed by atoms with Crippen LogP contribution in [0.5, 0.6) is 0 Å². The van der Waals surface area contributed by atoms with Gasteiger partial charge in [0.25, 0.3) is 0 Å². The topological polar surface area (TPSA) is 12.0 Å². The van der Waals surface area contributed by atoms with E-state index in [0.29, 0.717) is 5.32 Å². The van der Waals surface area contributed by atoms with Crippen LogP contribution in [0.25, 0.3) is 0 Å². The predicted octanol–water partition coefficient (Wildman–Crippen LogP) is 6.34. The van der Waals surface area contributed by atoms with Crippen LogP contribution < -0.4 is 5.32 Å². The summed E-state index contributed by atoms with van der Waals surface area (Å²) in [5, 5.41) is 0.412. The van der Waals surface area contributed by atoms with E-state index in [1.54, 1.807) is 0 Å². The Bertz CT molecular complexity index is 551. The molecule has 0 aromatic heterocycles. The third-order valence-corrected chi connectivity index (χ3v) is 4.01. The van der Waals surface area contributed by atoms with Crippen molar-refractivity contribution in [2.45, 2.75) is 68.5 Å². The van der Waals surface area contributed by atoms with E-state index in [2.05, 4.69) is 0 Å². The van der Waals surface area contributed by atoms with Crippen LogP contribution in [-0.2, 0) is 0 Å². The molecule has 0 aliphatic heterocycles. The van der Waals surface area contributed by atoms with Crippen LogP contribution in [0.3, 0.4) is 0 Å². The van der Waals surface area contributed by atoms with Crippen LogP contribution in [0.4, 0.5) is 65.9 Å². The van der Waals surface area contributed by atoms with E-state index >= 15 is 0 Å². The summed E-state index contributed by atoms with van der Waals surface area (Å²) in [7, 11) is 0. The van der Waals surface area contributed by atoms with E-state index in [1.165, 1.54) is 13.8 Å². The van der Waals surface area contributed by atoms with E-state index < -0.39 is 60.7 Å². The molecule has 0 saturated carbocycles. The molecule has 29 heavy (non-hydrogen) atoms. The molecule has 0 aliphatic carbocycles. The minimum Gasteiger partial charge on any atom is -0.253 e. The molecule has 0 bridgehead atoms. The van der Waals surface area contributed by atoms with Crippen molar-refractivity contribution in [3.63, 3.8) is 0 Å². The Kier molecular flexibility index (Phi) is 7.57. The van der Waals surface area contributed by atoms with Crippen molar-refractivity contribution in [3.8, 4) is 0 Å². The normalized spacial score (nSPS) is 16.9. The van der Waals surface area contributed by atoms with Crippen LogP contribution >= 0.6 is 0 Å². The van der Waals surface area contributed by atoms with E-state index in [1.807, 2.05) is 0 Å². The fraction of sp³-hybridized carbons (Fsp3) is 1.00. The summed E-state index contributed by atoms with van der Waals surface area (Å²) in [6, 6.07) is -6.38. The first kappa shape index (κ1) is 27.9. The lowest BCUT2D eigenvalue weighted by Gasteiger charge is -2.41. The van der Waals surface area contributed by atoms with Crippen molar-refractivity contribution < 1.29 is 65.9 Å². The van der Waals surface area contributed by atoms with Gasteiger partial charge in [0.2, 0.25) is 0 Å². The molecule has 1 unspecified atom stereocenters. The highest BCUT2D eigenvalue weighted by Gasteiger charge is 2.93. The number of hydrogen-bond acceptors (Lipinski definition) is 1. The highest BCUT2D eigenvalue weighted by Crippen LogP contribution is 2.61. The van der Waals surface area contributed by atoms with Gasteiger partial charge in [-0.3, -0.25) is 5.32 Å². The number of alkyl halides is 15. The molecule has 16 heteroatoms. The summed E-state index contributed by atoms with van der Waals surface area (Å²) in [6.07, 6.45) is -7.73. The second-order valence-corrected chi connectivity index (χ2v) is 6.17. The molecule has 0 saturated heterocycles. The molecule has 0 rings (SSSR count). The zero-order valence-corrected chi connectivity index (χ0v) is 14.4. The van der Waals surface area contributed by atoms with Gasteiger partial charge in [-0.15, -0.1) is 0 Å². The van der Waals surface area contributed by atoms with Gasteiger partial charge in [0.1, 0.15) is 0 Å². The maximum atomic E-state index is 13.4. The number of halogens is 15. The lowest BCUT2D eigenvalue weighted by molar-refractivity contribution is -0.454. The SMILES string of the molecule is CCC(C)CCNC(F)(F)C(F)(F)C(F)(F)C(F)(F)C(F)(F)C(F)(F)C(F)(F)F. The van der Waals surface area contributed by atoms with Gasteiger partial charge >= 0.3 is 41.8 Å². The molecule has 0 fully saturated rings. The first-order valence-electron chi connectivity index (χ1n) is 7.54. The number of nitrogens with one attached hydrogen (secondary N) is 1. The molecule has 0 amide bonds. The summed E-state index contributed by atoms with van der Waals surface area (Å²) >= 11 is 0. The maximum Gasteiger partial charge on any atom is 0.460 e. The fourth-order valence-electron chi connectivity index (χ4n) is 1.76. The molecule has 0 radical (unpaired) electrons. The van der Waals surface area contributed by atoms with Gasteiger partial charge < -0.3 is 0 Å². The van der Waals surface area contributed by atoms with Crippen LogP contribution in [-0.4, -0.2) is 48.4 Å². The van der Waals surface area contributed by atoms with Gasteiger partial charge in [0.15, 0.2) is 0 Å². The quantitative estimate of drug-likeness (QED) is 0.291. The largest absolute Gasteiger partial charge is 0.460 e. The minimum atomic E-state index is -8.25. The summed E-state index contributed by atoms with van der Waals surface area (Å²) in [5.41, 5.74) is 0. The molecular weight excluding hydrogens is 455 g/mol. The molecule has 0 aromatic carbocycles. The van der Waals surface area contributed by atoms with Gasteiger partial charge in [-0.05, 0) is 12.3 Å². The van der Waals surface area contributed by atoms with Crippen molar-refractivity contribution in [2.24, 2.45) is 5.92 Å². The molecule has 0 aromatic rings. The monoisotopic (exact) mass is 469 g/mol. The van der Waals surface area contributed by atoms with Gasteiger partial charge in [0.05, 0.1) is 0 Å². The Morgan fingerprint density at radius 3 is 1.28 bits per heavy atom. The van der Waals surface area contributed by atoms with Crippen molar-refractivity contribution >= 4 is 0 Å². The van der Waals surface area contributed by atoms with Crippen LogP contribution in [0.15, 0.2) is 0 Å². The van der Waals surface area contributed by atoms with Gasteiger partial charge in [-0.1, -0.05) is 20.3 Å². The van der Waals surface area contributed by atoms with E-state index in [0.717, 1.165) is 0 Å². The molecule has 0 spiro atoms. The van der Waals surface area contributed by atoms with E-state index in [-0.39, 0.29) is 6.42 Å². The molecule has 0 heterocycles. The van der Waals surface area contributed by atoms with Gasteiger partial charge in [-0.2, -0.15) is 65.9 Å². The van der Waals surface area contributed by atoms with Crippen LogP contribution in [0, 0.1) is 5.92 Å². The van der Waals surface area contributed by atoms with Crippen LogP contribution in [0.2, 0.25) is 0 Å². The highest BCUT2D eigenvalue weighted by molar-refractivity contribution is 5.12. The zero-order chi connectivity index (χ0) is 23.9. The first-order chi connectivity index (χ1) is 12.5. The predicted molar refractivity (Wildman–Crippen MR) is 67.8 cm³/mol. The van der Waals surface area contributed by atoms with Crippen molar-refractivity contribution in [3.05, 3.63) is 0 Å². The smallest absolute Gasteiger partial charge is 0.253 e. The summed E-state index contributed by atoms with van der Waals surface area (Å²) < 4.78 is 194. The fourth-order valence-corrected chi connectivity index (χ4v) is 1.76. The van der Waals surface area contributed by atoms with E-state index in [9.17, 15) is 65.9 Å². The van der Waals surface area contributed by atoms with Gasteiger partial charge in [0, 0.05) is 6.54 Å². The van der Waals surface area contributed by atoms with Gasteiger partial charge in [-0.25, -0.2) is 0 Å². The van der Waals surface area contributed by atoms with Crippen molar-refractivity contribution in [1.29, 1.82) is 0 Å².